The summed E-state index contributed by atoms with van der Waals surface area (Å²) in [7, 11) is 0. The molecule has 1 aromatic rings. The molecular formula is C15H21BrN2O2. The van der Waals surface area contributed by atoms with Crippen LogP contribution in [0.2, 0.25) is 0 Å². The molecule has 1 saturated heterocycles. The second-order valence-corrected chi connectivity index (χ2v) is 6.53. The van der Waals surface area contributed by atoms with Gasteiger partial charge in [0, 0.05) is 36.2 Å². The molecule has 0 bridgehead atoms. The molecule has 0 spiro atoms. The molecule has 1 N–H and O–H groups in total. The van der Waals surface area contributed by atoms with E-state index in [1.807, 2.05) is 6.07 Å². The van der Waals surface area contributed by atoms with E-state index in [2.05, 4.69) is 46.1 Å². The number of halogens is 1. The zero-order valence-corrected chi connectivity index (χ0v) is 13.6. The number of hydrogen-bond acceptors (Lipinski definition) is 4. The Hall–Kier alpha value is -0.780. The summed E-state index contributed by atoms with van der Waals surface area (Å²) >= 11 is 3.66. The highest BCUT2D eigenvalue weighted by atomic mass is 79.9. The fourth-order valence-electron chi connectivity index (χ4n) is 2.76. The number of nitrogens with one attached hydrogen (secondary N) is 1. The molecule has 2 heterocycles. The fraction of sp³-hybridized carbons (Fsp3) is 0.600. The average molecular weight is 341 g/mol. The summed E-state index contributed by atoms with van der Waals surface area (Å²) in [6.07, 6.45) is 0. The van der Waals surface area contributed by atoms with Gasteiger partial charge >= 0.3 is 0 Å². The number of ether oxygens (including phenoxy) is 2. The standard InChI is InChI=1S/C15H21BrN2O2/c1-10-8-18(11(2)7-17-10)9-12-5-14-15(6-13(12)16)20-4-3-19-14/h5-6,10-11,17H,3-4,7-9H2,1-2H3. The molecule has 2 atom stereocenters. The smallest absolute Gasteiger partial charge is 0.162 e. The Labute approximate surface area is 128 Å². The van der Waals surface area contributed by atoms with Gasteiger partial charge in [-0.2, -0.15) is 0 Å². The Balaban J connectivity index is 1.79. The van der Waals surface area contributed by atoms with Gasteiger partial charge in [0.1, 0.15) is 13.2 Å². The quantitative estimate of drug-likeness (QED) is 0.896. The normalized spacial score (nSPS) is 26.6. The van der Waals surface area contributed by atoms with Crippen molar-refractivity contribution in [3.05, 3.63) is 22.2 Å². The van der Waals surface area contributed by atoms with Crippen molar-refractivity contribution in [2.24, 2.45) is 0 Å². The molecule has 20 heavy (non-hydrogen) atoms. The van der Waals surface area contributed by atoms with Crippen LogP contribution in [-0.2, 0) is 6.54 Å². The van der Waals surface area contributed by atoms with E-state index in [0.717, 1.165) is 35.6 Å². The van der Waals surface area contributed by atoms with Crippen molar-refractivity contribution in [2.45, 2.75) is 32.5 Å². The third-order valence-corrected chi connectivity index (χ3v) is 4.72. The first-order valence-electron chi connectivity index (χ1n) is 7.19. The van der Waals surface area contributed by atoms with Crippen LogP contribution in [0.3, 0.4) is 0 Å². The Morgan fingerprint density at radius 3 is 2.70 bits per heavy atom. The largest absolute Gasteiger partial charge is 0.486 e. The van der Waals surface area contributed by atoms with Crippen LogP contribution in [0.1, 0.15) is 19.4 Å². The Kier molecular flexibility index (Phi) is 4.19. The van der Waals surface area contributed by atoms with Crippen LogP contribution in [0.4, 0.5) is 0 Å². The molecule has 0 amide bonds. The topological polar surface area (TPSA) is 33.7 Å². The first-order valence-corrected chi connectivity index (χ1v) is 7.98. The third-order valence-electron chi connectivity index (χ3n) is 3.98. The lowest BCUT2D eigenvalue weighted by atomic mass is 10.1. The highest BCUT2D eigenvalue weighted by Gasteiger charge is 2.24. The second-order valence-electron chi connectivity index (χ2n) is 5.68. The van der Waals surface area contributed by atoms with E-state index in [-0.39, 0.29) is 0 Å². The van der Waals surface area contributed by atoms with Gasteiger partial charge in [-0.3, -0.25) is 4.90 Å². The summed E-state index contributed by atoms with van der Waals surface area (Å²) in [5.41, 5.74) is 1.26. The van der Waals surface area contributed by atoms with Gasteiger partial charge in [0.05, 0.1) is 0 Å². The second kappa shape index (κ2) is 5.92. The highest BCUT2D eigenvalue weighted by molar-refractivity contribution is 9.10. The number of rotatable bonds is 2. The molecule has 0 radical (unpaired) electrons. The average Bonchev–Trinajstić information content (AvgIpc) is 2.43. The van der Waals surface area contributed by atoms with Gasteiger partial charge in [-0.15, -0.1) is 0 Å². The zero-order chi connectivity index (χ0) is 14.1. The lowest BCUT2D eigenvalue weighted by Gasteiger charge is -2.37. The monoisotopic (exact) mass is 340 g/mol. The van der Waals surface area contributed by atoms with Crippen molar-refractivity contribution >= 4 is 15.9 Å². The summed E-state index contributed by atoms with van der Waals surface area (Å²) in [6, 6.07) is 5.23. The lowest BCUT2D eigenvalue weighted by Crippen LogP contribution is -2.53. The summed E-state index contributed by atoms with van der Waals surface area (Å²) < 4.78 is 12.4. The van der Waals surface area contributed by atoms with Gasteiger partial charge < -0.3 is 14.8 Å². The Morgan fingerprint density at radius 1 is 1.25 bits per heavy atom. The van der Waals surface area contributed by atoms with E-state index in [4.69, 9.17) is 9.47 Å². The maximum atomic E-state index is 5.68. The zero-order valence-electron chi connectivity index (χ0n) is 12.0. The number of nitrogens with zero attached hydrogens (tertiary/aromatic N) is 1. The van der Waals surface area contributed by atoms with E-state index in [1.54, 1.807) is 0 Å². The Morgan fingerprint density at radius 2 is 1.95 bits per heavy atom. The van der Waals surface area contributed by atoms with Crippen molar-refractivity contribution in [3.8, 4) is 11.5 Å². The van der Waals surface area contributed by atoms with Crippen molar-refractivity contribution in [3.63, 3.8) is 0 Å². The Bertz CT molecular complexity index is 495. The number of benzene rings is 1. The molecule has 4 nitrogen and oxygen atoms in total. The van der Waals surface area contributed by atoms with Crippen LogP contribution in [0.5, 0.6) is 11.5 Å². The van der Waals surface area contributed by atoms with Crippen LogP contribution >= 0.6 is 15.9 Å². The molecule has 0 aromatic heterocycles. The molecule has 0 aliphatic carbocycles. The summed E-state index contributed by atoms with van der Waals surface area (Å²) in [5.74, 6) is 1.71. The predicted molar refractivity (Wildman–Crippen MR) is 82.5 cm³/mol. The summed E-state index contributed by atoms with van der Waals surface area (Å²) in [5, 5.41) is 3.51. The van der Waals surface area contributed by atoms with E-state index < -0.39 is 0 Å². The highest BCUT2D eigenvalue weighted by Crippen LogP contribution is 2.36. The SMILES string of the molecule is CC1CN(Cc2cc3c(cc2Br)OCCO3)C(C)CN1. The molecule has 2 aliphatic heterocycles. The van der Waals surface area contributed by atoms with Crippen LogP contribution in [0.25, 0.3) is 0 Å². The first kappa shape index (κ1) is 14.2. The molecule has 1 aromatic carbocycles. The van der Waals surface area contributed by atoms with Crippen LogP contribution in [0.15, 0.2) is 16.6 Å². The van der Waals surface area contributed by atoms with Gasteiger partial charge in [-0.05, 0) is 31.5 Å². The lowest BCUT2D eigenvalue weighted by molar-refractivity contribution is 0.137. The summed E-state index contributed by atoms with van der Waals surface area (Å²) in [4.78, 5) is 2.51. The van der Waals surface area contributed by atoms with Gasteiger partial charge in [-0.25, -0.2) is 0 Å². The van der Waals surface area contributed by atoms with Gasteiger partial charge in [0.2, 0.25) is 0 Å². The number of hydrogen-bond donors (Lipinski definition) is 1. The molecular weight excluding hydrogens is 320 g/mol. The van der Waals surface area contributed by atoms with Crippen LogP contribution in [0, 0.1) is 0 Å². The van der Waals surface area contributed by atoms with E-state index in [1.165, 1.54) is 5.56 Å². The van der Waals surface area contributed by atoms with Gasteiger partial charge in [0.15, 0.2) is 11.5 Å². The molecule has 3 rings (SSSR count). The first-order chi connectivity index (χ1) is 9.63. The maximum Gasteiger partial charge on any atom is 0.162 e. The van der Waals surface area contributed by atoms with Crippen LogP contribution in [-0.4, -0.2) is 43.3 Å². The van der Waals surface area contributed by atoms with Crippen molar-refractivity contribution in [1.29, 1.82) is 0 Å². The molecule has 0 saturated carbocycles. The minimum absolute atomic E-state index is 0.544. The van der Waals surface area contributed by atoms with Gasteiger partial charge in [0.25, 0.3) is 0 Å². The van der Waals surface area contributed by atoms with Crippen molar-refractivity contribution in [2.75, 3.05) is 26.3 Å². The van der Waals surface area contributed by atoms with Gasteiger partial charge in [-0.1, -0.05) is 15.9 Å². The number of fused-ring (bicyclic) bond motifs is 1. The predicted octanol–water partition coefficient (Wildman–Crippen LogP) is 2.40. The van der Waals surface area contributed by atoms with Crippen molar-refractivity contribution < 1.29 is 9.47 Å². The number of piperazine rings is 1. The maximum absolute atomic E-state index is 5.68. The van der Waals surface area contributed by atoms with E-state index >= 15 is 0 Å². The van der Waals surface area contributed by atoms with Crippen molar-refractivity contribution in [1.82, 2.24) is 10.2 Å². The fourth-order valence-corrected chi connectivity index (χ4v) is 3.21. The minimum Gasteiger partial charge on any atom is -0.486 e. The molecule has 5 heteroatoms. The third kappa shape index (κ3) is 2.95. The minimum atomic E-state index is 0.544. The van der Waals surface area contributed by atoms with E-state index in [9.17, 15) is 0 Å². The molecule has 2 unspecified atom stereocenters. The molecule has 110 valence electrons. The molecule has 2 aliphatic rings. The van der Waals surface area contributed by atoms with E-state index in [0.29, 0.717) is 25.3 Å². The molecule has 1 fully saturated rings. The summed E-state index contributed by atoms with van der Waals surface area (Å²) in [6.45, 7) is 8.82. The van der Waals surface area contributed by atoms with Crippen LogP contribution < -0.4 is 14.8 Å².